The fourth-order valence-electron chi connectivity index (χ4n) is 2.19. The Kier molecular flexibility index (Phi) is 4.83. The number of halogens is 1. The van der Waals surface area contributed by atoms with Gasteiger partial charge in [0.05, 0.1) is 10.7 Å². The Morgan fingerprint density at radius 1 is 1.12 bits per heavy atom. The number of amides is 1. The second-order valence-electron chi connectivity index (χ2n) is 5.03. The van der Waals surface area contributed by atoms with Crippen LogP contribution in [-0.2, 0) is 4.79 Å². The lowest BCUT2D eigenvalue weighted by Crippen LogP contribution is -2.13. The van der Waals surface area contributed by atoms with Gasteiger partial charge in [-0.25, -0.2) is 4.79 Å². The Bertz CT molecular complexity index is 920. The molecule has 24 heavy (non-hydrogen) atoms. The first-order chi connectivity index (χ1) is 11.6. The van der Waals surface area contributed by atoms with Crippen molar-refractivity contribution in [2.45, 2.75) is 13.3 Å². The lowest BCUT2D eigenvalue weighted by Gasteiger charge is -2.10. The molecule has 0 bridgehead atoms. The minimum absolute atomic E-state index is 0.154. The Balaban J connectivity index is 1.89. The molecule has 4 nitrogen and oxygen atoms in total. The third-order valence-corrected chi connectivity index (χ3v) is 5.06. The maximum atomic E-state index is 12.5. The van der Waals surface area contributed by atoms with E-state index in [0.717, 1.165) is 10.1 Å². The third-order valence-electron chi connectivity index (χ3n) is 3.41. The molecule has 0 aliphatic carbocycles. The van der Waals surface area contributed by atoms with Gasteiger partial charge in [0.1, 0.15) is 4.88 Å². The summed E-state index contributed by atoms with van der Waals surface area (Å²) in [6, 6.07) is 14.3. The number of rotatable bonds is 4. The number of hydrogen-bond acceptors (Lipinski definition) is 4. The SMILES string of the molecule is CCC(=O)Nc1ccccc1OC(=O)c1sc2ccccc2c1Cl. The van der Waals surface area contributed by atoms with Gasteiger partial charge in [-0.3, -0.25) is 4.79 Å². The molecule has 1 amide bonds. The van der Waals surface area contributed by atoms with Gasteiger partial charge in [0.15, 0.2) is 5.75 Å². The zero-order chi connectivity index (χ0) is 17.1. The van der Waals surface area contributed by atoms with E-state index in [2.05, 4.69) is 5.32 Å². The van der Waals surface area contributed by atoms with Crippen LogP contribution in [0.1, 0.15) is 23.0 Å². The van der Waals surface area contributed by atoms with Crippen LogP contribution in [0.3, 0.4) is 0 Å². The highest BCUT2D eigenvalue weighted by atomic mass is 35.5. The Morgan fingerprint density at radius 2 is 1.83 bits per heavy atom. The molecule has 0 saturated carbocycles. The molecule has 0 aliphatic heterocycles. The minimum Gasteiger partial charge on any atom is -0.420 e. The van der Waals surface area contributed by atoms with Crippen molar-refractivity contribution in [3.8, 4) is 5.75 Å². The third kappa shape index (κ3) is 3.27. The molecule has 1 N–H and O–H groups in total. The van der Waals surface area contributed by atoms with Gasteiger partial charge in [0.2, 0.25) is 5.91 Å². The van der Waals surface area contributed by atoms with Gasteiger partial charge in [-0.2, -0.15) is 0 Å². The van der Waals surface area contributed by atoms with E-state index >= 15 is 0 Å². The summed E-state index contributed by atoms with van der Waals surface area (Å²) in [5.74, 6) is -0.407. The first-order valence-corrected chi connectivity index (χ1v) is 8.57. The van der Waals surface area contributed by atoms with Crippen LogP contribution < -0.4 is 10.1 Å². The van der Waals surface area contributed by atoms with Crippen molar-refractivity contribution in [2.75, 3.05) is 5.32 Å². The number of anilines is 1. The van der Waals surface area contributed by atoms with E-state index in [1.54, 1.807) is 31.2 Å². The Morgan fingerprint density at radius 3 is 2.58 bits per heavy atom. The summed E-state index contributed by atoms with van der Waals surface area (Å²) in [5.41, 5.74) is 0.454. The number of nitrogens with one attached hydrogen (secondary N) is 1. The number of carbonyl (C=O) groups excluding carboxylic acids is 2. The summed E-state index contributed by atoms with van der Waals surface area (Å²) < 4.78 is 6.38. The summed E-state index contributed by atoms with van der Waals surface area (Å²) in [6.07, 6.45) is 0.338. The van der Waals surface area contributed by atoms with E-state index in [9.17, 15) is 9.59 Å². The summed E-state index contributed by atoms with van der Waals surface area (Å²) in [6.45, 7) is 1.75. The number of ether oxygens (including phenoxy) is 1. The van der Waals surface area contributed by atoms with Gasteiger partial charge in [0, 0.05) is 16.5 Å². The Hall–Kier alpha value is -2.37. The first kappa shape index (κ1) is 16.5. The normalized spacial score (nSPS) is 10.6. The summed E-state index contributed by atoms with van der Waals surface area (Å²) >= 11 is 7.59. The van der Waals surface area contributed by atoms with Crippen LogP contribution in [0.2, 0.25) is 5.02 Å². The largest absolute Gasteiger partial charge is 0.420 e. The fraction of sp³-hybridized carbons (Fsp3) is 0.111. The smallest absolute Gasteiger partial charge is 0.355 e. The second-order valence-corrected chi connectivity index (χ2v) is 6.46. The van der Waals surface area contributed by atoms with Crippen LogP contribution in [0, 0.1) is 0 Å². The van der Waals surface area contributed by atoms with Crippen molar-refractivity contribution < 1.29 is 14.3 Å². The minimum atomic E-state index is -0.542. The molecule has 6 heteroatoms. The molecule has 122 valence electrons. The average Bonchev–Trinajstić information content (AvgIpc) is 2.94. The number of esters is 1. The van der Waals surface area contributed by atoms with Gasteiger partial charge in [0.25, 0.3) is 0 Å². The van der Waals surface area contributed by atoms with E-state index in [-0.39, 0.29) is 11.7 Å². The number of para-hydroxylation sites is 2. The van der Waals surface area contributed by atoms with Gasteiger partial charge >= 0.3 is 5.97 Å². The summed E-state index contributed by atoms with van der Waals surface area (Å²) in [5, 5.41) is 3.92. The predicted octanol–water partition coefficient (Wildman–Crippen LogP) is 5.12. The first-order valence-electron chi connectivity index (χ1n) is 7.38. The highest BCUT2D eigenvalue weighted by molar-refractivity contribution is 7.21. The standard InChI is InChI=1S/C18H14ClNO3S/c1-2-15(21)20-12-8-4-5-9-13(12)23-18(22)17-16(19)11-7-3-6-10-14(11)24-17/h3-10H,2H2,1H3,(H,20,21). The monoisotopic (exact) mass is 359 g/mol. The number of carbonyl (C=O) groups is 2. The van der Waals surface area contributed by atoms with E-state index in [4.69, 9.17) is 16.3 Å². The molecule has 3 rings (SSSR count). The Labute approximate surface area is 148 Å². The molecule has 0 saturated heterocycles. The van der Waals surface area contributed by atoms with Crippen molar-refractivity contribution in [2.24, 2.45) is 0 Å². The maximum Gasteiger partial charge on any atom is 0.355 e. The molecule has 0 unspecified atom stereocenters. The maximum absolute atomic E-state index is 12.5. The van der Waals surface area contributed by atoms with E-state index < -0.39 is 5.97 Å². The van der Waals surface area contributed by atoms with Crippen LogP contribution in [0.4, 0.5) is 5.69 Å². The zero-order valence-electron chi connectivity index (χ0n) is 12.8. The van der Waals surface area contributed by atoms with Crippen molar-refractivity contribution in [1.82, 2.24) is 0 Å². The fourth-order valence-corrected chi connectivity index (χ4v) is 3.57. The molecule has 0 fully saturated rings. The molecule has 0 aliphatic rings. The van der Waals surface area contributed by atoms with E-state index in [0.29, 0.717) is 22.0 Å². The van der Waals surface area contributed by atoms with Gasteiger partial charge in [-0.15, -0.1) is 11.3 Å². The predicted molar refractivity (Wildman–Crippen MR) is 97.2 cm³/mol. The van der Waals surface area contributed by atoms with Crippen molar-refractivity contribution in [3.05, 3.63) is 58.4 Å². The number of hydrogen-bond donors (Lipinski definition) is 1. The van der Waals surface area contributed by atoms with Gasteiger partial charge < -0.3 is 10.1 Å². The van der Waals surface area contributed by atoms with Crippen LogP contribution in [0.5, 0.6) is 5.75 Å². The molecule has 0 atom stereocenters. The molecular formula is C18H14ClNO3S. The lowest BCUT2D eigenvalue weighted by atomic mass is 10.2. The molecule has 1 aromatic heterocycles. The molecule has 1 heterocycles. The topological polar surface area (TPSA) is 55.4 Å². The van der Waals surface area contributed by atoms with Crippen molar-refractivity contribution in [3.63, 3.8) is 0 Å². The summed E-state index contributed by atoms with van der Waals surface area (Å²) in [7, 11) is 0. The highest BCUT2D eigenvalue weighted by Crippen LogP contribution is 2.36. The zero-order valence-corrected chi connectivity index (χ0v) is 14.4. The van der Waals surface area contributed by atoms with Crippen molar-refractivity contribution >= 4 is 50.6 Å². The molecule has 2 aromatic carbocycles. The molecule has 0 spiro atoms. The molecular weight excluding hydrogens is 346 g/mol. The number of benzene rings is 2. The number of thiophene rings is 1. The summed E-state index contributed by atoms with van der Waals surface area (Å²) in [4.78, 5) is 24.4. The molecule has 3 aromatic rings. The number of fused-ring (bicyclic) bond motifs is 1. The average molecular weight is 360 g/mol. The van der Waals surface area contributed by atoms with Crippen LogP contribution in [0.25, 0.3) is 10.1 Å². The lowest BCUT2D eigenvalue weighted by molar-refractivity contribution is -0.115. The van der Waals surface area contributed by atoms with E-state index in [1.807, 2.05) is 24.3 Å². The highest BCUT2D eigenvalue weighted by Gasteiger charge is 2.20. The van der Waals surface area contributed by atoms with Gasteiger partial charge in [-0.1, -0.05) is 48.9 Å². The van der Waals surface area contributed by atoms with Gasteiger partial charge in [-0.05, 0) is 18.2 Å². The van der Waals surface area contributed by atoms with Crippen LogP contribution >= 0.6 is 22.9 Å². The van der Waals surface area contributed by atoms with E-state index in [1.165, 1.54) is 11.3 Å². The quantitative estimate of drug-likeness (QED) is 0.519. The molecule has 0 radical (unpaired) electrons. The van der Waals surface area contributed by atoms with Crippen LogP contribution in [0.15, 0.2) is 48.5 Å². The van der Waals surface area contributed by atoms with Crippen LogP contribution in [-0.4, -0.2) is 11.9 Å². The second kappa shape index (κ2) is 7.03. The van der Waals surface area contributed by atoms with Crippen molar-refractivity contribution in [1.29, 1.82) is 0 Å².